The van der Waals surface area contributed by atoms with E-state index in [-0.39, 0.29) is 0 Å². The zero-order valence-corrected chi connectivity index (χ0v) is 23.8. The van der Waals surface area contributed by atoms with Gasteiger partial charge in [0.15, 0.2) is 0 Å². The van der Waals surface area contributed by atoms with E-state index in [1.54, 1.807) is 0 Å². The molecule has 0 fully saturated rings. The highest BCUT2D eigenvalue weighted by molar-refractivity contribution is 4.62. The van der Waals surface area contributed by atoms with Crippen LogP contribution in [-0.4, -0.2) is 0 Å². The molecule has 0 N–H and O–H groups in total. The van der Waals surface area contributed by atoms with Crippen molar-refractivity contribution in [2.75, 3.05) is 0 Å². The van der Waals surface area contributed by atoms with Gasteiger partial charge in [-0.15, -0.1) is 0 Å². The third kappa shape index (κ3) is 30.0. The molecular formula is C33H67. The van der Waals surface area contributed by atoms with Crippen LogP contribution < -0.4 is 0 Å². The van der Waals surface area contributed by atoms with Gasteiger partial charge in [-0.3, -0.25) is 0 Å². The topological polar surface area (TPSA) is 0 Å². The second-order valence-corrected chi connectivity index (χ2v) is 11.3. The molecule has 0 aliphatic carbocycles. The van der Waals surface area contributed by atoms with Crippen molar-refractivity contribution in [3.63, 3.8) is 0 Å². The van der Waals surface area contributed by atoms with Crippen molar-refractivity contribution in [1.82, 2.24) is 0 Å². The Labute approximate surface area is 212 Å². The SMILES string of the molecule is [CH2]C(CCCCCCCCCCCCC)CCCCCCCCCCCCCCCCCC. The van der Waals surface area contributed by atoms with Gasteiger partial charge in [-0.05, 0) is 5.92 Å². The summed E-state index contributed by atoms with van der Waals surface area (Å²) >= 11 is 0. The molecular weight excluding hydrogens is 396 g/mol. The van der Waals surface area contributed by atoms with Crippen LogP contribution in [0.1, 0.15) is 200 Å². The second-order valence-electron chi connectivity index (χ2n) is 11.3. The highest BCUT2D eigenvalue weighted by Crippen LogP contribution is 2.19. The molecule has 0 amide bonds. The fourth-order valence-corrected chi connectivity index (χ4v) is 5.22. The molecule has 0 spiro atoms. The highest BCUT2D eigenvalue weighted by atomic mass is 14.1. The predicted octanol–water partition coefficient (Wildman–Crippen LogP) is 12.8. The lowest BCUT2D eigenvalue weighted by Crippen LogP contribution is -1.95. The molecule has 0 heterocycles. The maximum atomic E-state index is 4.43. The Balaban J connectivity index is 3.12. The van der Waals surface area contributed by atoms with Crippen LogP contribution in [0, 0.1) is 12.8 Å². The third-order valence-corrected chi connectivity index (χ3v) is 7.68. The quantitative estimate of drug-likeness (QED) is 0.0967. The van der Waals surface area contributed by atoms with E-state index in [9.17, 15) is 0 Å². The van der Waals surface area contributed by atoms with Gasteiger partial charge in [0, 0.05) is 0 Å². The van der Waals surface area contributed by atoms with Crippen LogP contribution in [-0.2, 0) is 0 Å². The third-order valence-electron chi connectivity index (χ3n) is 7.68. The normalized spacial score (nSPS) is 12.5. The summed E-state index contributed by atoms with van der Waals surface area (Å²) < 4.78 is 0. The van der Waals surface area contributed by atoms with Gasteiger partial charge in [-0.25, -0.2) is 0 Å². The molecule has 1 unspecified atom stereocenters. The Hall–Kier alpha value is 0. The molecule has 0 heteroatoms. The summed E-state index contributed by atoms with van der Waals surface area (Å²) in [6.07, 6.45) is 42.1. The molecule has 0 aliphatic heterocycles. The van der Waals surface area contributed by atoms with Crippen LogP contribution in [0.4, 0.5) is 0 Å². The largest absolute Gasteiger partial charge is 0.0654 e. The maximum absolute atomic E-state index is 4.43. The van der Waals surface area contributed by atoms with Gasteiger partial charge < -0.3 is 0 Å². The van der Waals surface area contributed by atoms with E-state index in [1.807, 2.05) is 0 Å². The van der Waals surface area contributed by atoms with Gasteiger partial charge in [0.1, 0.15) is 0 Å². The van der Waals surface area contributed by atoms with Crippen LogP contribution in [0.25, 0.3) is 0 Å². The summed E-state index contributed by atoms with van der Waals surface area (Å²) in [6, 6.07) is 0. The monoisotopic (exact) mass is 464 g/mol. The minimum atomic E-state index is 0.718. The summed E-state index contributed by atoms with van der Waals surface area (Å²) in [7, 11) is 0. The van der Waals surface area contributed by atoms with Crippen molar-refractivity contribution in [1.29, 1.82) is 0 Å². The number of unbranched alkanes of at least 4 members (excludes halogenated alkanes) is 25. The zero-order valence-electron chi connectivity index (χ0n) is 23.8. The van der Waals surface area contributed by atoms with E-state index in [0.717, 1.165) is 5.92 Å². The average Bonchev–Trinajstić information content (AvgIpc) is 2.82. The Morgan fingerprint density at radius 2 is 0.485 bits per heavy atom. The van der Waals surface area contributed by atoms with E-state index in [2.05, 4.69) is 20.8 Å². The van der Waals surface area contributed by atoms with Crippen LogP contribution >= 0.6 is 0 Å². The van der Waals surface area contributed by atoms with Crippen molar-refractivity contribution in [3.8, 4) is 0 Å². The summed E-state index contributed by atoms with van der Waals surface area (Å²) in [5.74, 6) is 0.718. The molecule has 199 valence electrons. The molecule has 0 bridgehead atoms. The predicted molar refractivity (Wildman–Crippen MR) is 154 cm³/mol. The summed E-state index contributed by atoms with van der Waals surface area (Å²) in [4.78, 5) is 0. The van der Waals surface area contributed by atoms with Gasteiger partial charge in [0.05, 0.1) is 0 Å². The van der Waals surface area contributed by atoms with Gasteiger partial charge in [0.2, 0.25) is 0 Å². The van der Waals surface area contributed by atoms with Crippen molar-refractivity contribution >= 4 is 0 Å². The van der Waals surface area contributed by atoms with E-state index < -0.39 is 0 Å². The molecule has 0 aliphatic rings. The summed E-state index contributed by atoms with van der Waals surface area (Å²) in [5.41, 5.74) is 0. The molecule has 33 heavy (non-hydrogen) atoms. The molecule has 0 saturated heterocycles. The van der Waals surface area contributed by atoms with Crippen LogP contribution in [0.2, 0.25) is 0 Å². The van der Waals surface area contributed by atoms with Gasteiger partial charge in [-0.1, -0.05) is 207 Å². The molecule has 0 aromatic carbocycles. The minimum absolute atomic E-state index is 0.718. The van der Waals surface area contributed by atoms with E-state index >= 15 is 0 Å². The van der Waals surface area contributed by atoms with E-state index in [4.69, 9.17) is 0 Å². The van der Waals surface area contributed by atoms with Gasteiger partial charge in [0.25, 0.3) is 0 Å². The highest BCUT2D eigenvalue weighted by Gasteiger charge is 2.02. The van der Waals surface area contributed by atoms with Crippen molar-refractivity contribution in [3.05, 3.63) is 6.92 Å². The van der Waals surface area contributed by atoms with Crippen LogP contribution in [0.15, 0.2) is 0 Å². The first-order valence-electron chi connectivity index (χ1n) is 16.1. The fraction of sp³-hybridized carbons (Fsp3) is 0.970. The second kappa shape index (κ2) is 30.0. The molecule has 0 aromatic rings. The van der Waals surface area contributed by atoms with Crippen molar-refractivity contribution < 1.29 is 0 Å². The first-order valence-corrected chi connectivity index (χ1v) is 16.1. The zero-order chi connectivity index (χ0) is 24.1. The molecule has 0 saturated carbocycles. The van der Waals surface area contributed by atoms with Gasteiger partial charge in [-0.2, -0.15) is 0 Å². The van der Waals surface area contributed by atoms with E-state index in [1.165, 1.54) is 186 Å². The number of hydrogen-bond acceptors (Lipinski definition) is 0. The lowest BCUT2D eigenvalue weighted by atomic mass is 9.95. The maximum Gasteiger partial charge on any atom is -0.0414 e. The lowest BCUT2D eigenvalue weighted by Gasteiger charge is -2.11. The molecule has 0 aromatic heterocycles. The number of hydrogen-bond donors (Lipinski definition) is 0. The minimum Gasteiger partial charge on any atom is -0.0654 e. The number of rotatable bonds is 29. The Bertz CT molecular complexity index is 320. The summed E-state index contributed by atoms with van der Waals surface area (Å²) in [6.45, 7) is 9.04. The first kappa shape index (κ1) is 33.0. The molecule has 1 radical (unpaired) electrons. The van der Waals surface area contributed by atoms with Gasteiger partial charge >= 0.3 is 0 Å². The Kier molecular flexibility index (Phi) is 30.0. The Morgan fingerprint density at radius 3 is 0.697 bits per heavy atom. The lowest BCUT2D eigenvalue weighted by molar-refractivity contribution is 0.459. The van der Waals surface area contributed by atoms with Crippen LogP contribution in [0.5, 0.6) is 0 Å². The molecule has 0 nitrogen and oxygen atoms in total. The average molecular weight is 464 g/mol. The first-order chi connectivity index (χ1) is 16.3. The van der Waals surface area contributed by atoms with Crippen LogP contribution in [0.3, 0.4) is 0 Å². The van der Waals surface area contributed by atoms with Crippen molar-refractivity contribution in [2.45, 2.75) is 200 Å². The Morgan fingerprint density at radius 1 is 0.303 bits per heavy atom. The van der Waals surface area contributed by atoms with E-state index in [0.29, 0.717) is 0 Å². The fourth-order valence-electron chi connectivity index (χ4n) is 5.22. The summed E-state index contributed by atoms with van der Waals surface area (Å²) in [5, 5.41) is 0. The standard InChI is InChI=1S/C33H67/c1-4-6-8-10-12-14-16-17-18-19-20-22-24-26-28-30-32-33(3)31-29-27-25-23-21-15-13-11-9-7-5-2/h33H,3-32H2,1-2H3. The smallest absolute Gasteiger partial charge is 0.0414 e. The van der Waals surface area contributed by atoms with Crippen molar-refractivity contribution in [2.24, 2.45) is 5.92 Å². The molecule has 1 atom stereocenters. The molecule has 0 rings (SSSR count).